The van der Waals surface area contributed by atoms with Gasteiger partial charge in [-0.05, 0) is 59.0 Å². The van der Waals surface area contributed by atoms with Gasteiger partial charge in [-0.15, -0.1) is 0 Å². The zero-order chi connectivity index (χ0) is 20.8. The van der Waals surface area contributed by atoms with Gasteiger partial charge in [0.15, 0.2) is 0 Å². The maximum Gasteiger partial charge on any atom is 0.256 e. The number of fused-ring (bicyclic) bond motifs is 1. The van der Waals surface area contributed by atoms with Crippen LogP contribution in [-0.4, -0.2) is 60.4 Å². The quantitative estimate of drug-likeness (QED) is 0.722. The van der Waals surface area contributed by atoms with Gasteiger partial charge in [0.25, 0.3) is 5.56 Å². The van der Waals surface area contributed by atoms with E-state index >= 15 is 0 Å². The van der Waals surface area contributed by atoms with Crippen LogP contribution < -0.4 is 10.5 Å². The van der Waals surface area contributed by atoms with E-state index in [1.54, 1.807) is 0 Å². The lowest BCUT2D eigenvalue weighted by molar-refractivity contribution is 0.347. The topological polar surface area (TPSA) is 64.6 Å². The van der Waals surface area contributed by atoms with Gasteiger partial charge in [-0.25, -0.2) is 4.98 Å². The van der Waals surface area contributed by atoms with Crippen molar-refractivity contribution < 1.29 is 0 Å². The Morgan fingerprint density at radius 2 is 1.86 bits per heavy atom. The van der Waals surface area contributed by atoms with E-state index in [0.29, 0.717) is 5.92 Å². The fourth-order valence-corrected chi connectivity index (χ4v) is 4.56. The van der Waals surface area contributed by atoms with Crippen molar-refractivity contribution in [1.82, 2.24) is 14.9 Å². The van der Waals surface area contributed by atoms with E-state index in [2.05, 4.69) is 42.7 Å². The van der Waals surface area contributed by atoms with Crippen LogP contribution in [0.25, 0.3) is 0 Å². The Morgan fingerprint density at radius 1 is 1.10 bits per heavy atom. The predicted octanol–water partition coefficient (Wildman–Crippen LogP) is 3.64. The molecule has 0 saturated heterocycles. The number of hydrogen-bond acceptors (Lipinski definition) is 5. The van der Waals surface area contributed by atoms with Crippen molar-refractivity contribution in [1.29, 1.82) is 0 Å². The molecule has 2 aliphatic rings. The number of rotatable bonds is 8. The summed E-state index contributed by atoms with van der Waals surface area (Å²) < 4.78 is 0. The van der Waals surface area contributed by atoms with E-state index in [1.807, 2.05) is 0 Å². The molecule has 29 heavy (non-hydrogen) atoms. The van der Waals surface area contributed by atoms with Crippen molar-refractivity contribution in [2.45, 2.75) is 77.7 Å². The number of likely N-dealkylation sites (N-methyl/N-ethyl adjacent to an activating group) is 1. The van der Waals surface area contributed by atoms with E-state index in [-0.39, 0.29) is 11.6 Å². The summed E-state index contributed by atoms with van der Waals surface area (Å²) in [7, 11) is 4.19. The SMILES string of the molecule is CCCC1=NC(C)CCc2c1nc(N(CCN(C)C)CC1CCCCC1)[nH]c2=O. The second kappa shape index (κ2) is 10.4. The van der Waals surface area contributed by atoms with Gasteiger partial charge in [-0.3, -0.25) is 14.8 Å². The number of H-pyrrole nitrogens is 1. The first kappa shape index (κ1) is 22.0. The molecule has 1 aliphatic heterocycles. The Morgan fingerprint density at radius 3 is 2.55 bits per heavy atom. The summed E-state index contributed by atoms with van der Waals surface area (Å²) in [4.78, 5) is 30.6. The number of nitrogens with zero attached hydrogens (tertiary/aromatic N) is 4. The number of aliphatic imine (C=N–C) groups is 1. The minimum Gasteiger partial charge on any atom is -0.341 e. The average Bonchev–Trinajstić information content (AvgIpc) is 2.85. The summed E-state index contributed by atoms with van der Waals surface area (Å²) in [6.45, 7) is 7.11. The van der Waals surface area contributed by atoms with Gasteiger partial charge in [0.1, 0.15) is 0 Å². The third-order valence-electron chi connectivity index (χ3n) is 6.27. The standard InChI is InChI=1S/C23H39N5O/c1-5-9-20-21-19(13-12-17(2)24-20)22(29)26-23(25-21)28(15-14-27(3)4)16-18-10-7-6-8-11-18/h17-18H,5-16H2,1-4H3,(H,25,26,29). The molecule has 1 aromatic rings. The molecule has 1 aromatic heterocycles. The smallest absolute Gasteiger partial charge is 0.256 e. The second-order valence-corrected chi connectivity index (χ2v) is 9.18. The van der Waals surface area contributed by atoms with Gasteiger partial charge >= 0.3 is 0 Å². The Kier molecular flexibility index (Phi) is 7.87. The lowest BCUT2D eigenvalue weighted by Crippen LogP contribution is -2.38. The third kappa shape index (κ3) is 5.91. The number of anilines is 1. The number of hydrogen-bond donors (Lipinski definition) is 1. The van der Waals surface area contributed by atoms with Crippen molar-refractivity contribution in [2.24, 2.45) is 10.9 Å². The molecule has 0 radical (unpaired) electrons. The molecule has 1 saturated carbocycles. The monoisotopic (exact) mass is 401 g/mol. The highest BCUT2D eigenvalue weighted by Gasteiger charge is 2.24. The second-order valence-electron chi connectivity index (χ2n) is 9.18. The Labute approximate surface area is 175 Å². The predicted molar refractivity (Wildman–Crippen MR) is 121 cm³/mol. The van der Waals surface area contributed by atoms with E-state index in [1.165, 1.54) is 32.1 Å². The average molecular weight is 402 g/mol. The summed E-state index contributed by atoms with van der Waals surface area (Å²) in [6.07, 6.45) is 10.2. The van der Waals surface area contributed by atoms with Gasteiger partial charge in [-0.2, -0.15) is 0 Å². The summed E-state index contributed by atoms with van der Waals surface area (Å²) in [6, 6.07) is 0.251. The number of aromatic nitrogens is 2. The Bertz CT molecular complexity index is 748. The van der Waals surface area contributed by atoms with Gasteiger partial charge in [0, 0.05) is 31.2 Å². The van der Waals surface area contributed by atoms with Crippen molar-refractivity contribution in [3.8, 4) is 0 Å². The van der Waals surface area contributed by atoms with Crippen LogP contribution in [0.5, 0.6) is 0 Å². The molecule has 1 aliphatic carbocycles. The van der Waals surface area contributed by atoms with Crippen molar-refractivity contribution in [2.75, 3.05) is 38.6 Å². The molecule has 0 spiro atoms. The van der Waals surface area contributed by atoms with Gasteiger partial charge in [-0.1, -0.05) is 32.6 Å². The summed E-state index contributed by atoms with van der Waals surface area (Å²) in [5.74, 6) is 1.43. The van der Waals surface area contributed by atoms with Crippen molar-refractivity contribution in [3.63, 3.8) is 0 Å². The molecule has 1 fully saturated rings. The zero-order valence-corrected chi connectivity index (χ0v) is 18.8. The highest BCUT2D eigenvalue weighted by atomic mass is 16.1. The molecule has 1 unspecified atom stereocenters. The number of aromatic amines is 1. The van der Waals surface area contributed by atoms with Gasteiger partial charge in [0.05, 0.1) is 11.4 Å². The van der Waals surface area contributed by atoms with Crippen LogP contribution in [0.3, 0.4) is 0 Å². The summed E-state index contributed by atoms with van der Waals surface area (Å²) >= 11 is 0. The van der Waals surface area contributed by atoms with E-state index < -0.39 is 0 Å². The van der Waals surface area contributed by atoms with Crippen LogP contribution in [0.15, 0.2) is 9.79 Å². The molecule has 1 N–H and O–H groups in total. The van der Waals surface area contributed by atoms with Crippen LogP contribution in [0.2, 0.25) is 0 Å². The molecule has 0 bridgehead atoms. The molecule has 2 heterocycles. The first-order chi connectivity index (χ1) is 14.0. The molecule has 0 aromatic carbocycles. The maximum atomic E-state index is 13.0. The highest BCUT2D eigenvalue weighted by Crippen LogP contribution is 2.26. The summed E-state index contributed by atoms with van der Waals surface area (Å²) in [5.41, 5.74) is 2.73. The Balaban J connectivity index is 1.94. The lowest BCUT2D eigenvalue weighted by Gasteiger charge is -2.31. The minimum absolute atomic E-state index is 0.0291. The minimum atomic E-state index is 0.0291. The van der Waals surface area contributed by atoms with Gasteiger partial charge in [0.2, 0.25) is 5.95 Å². The molecule has 0 amide bonds. The van der Waals surface area contributed by atoms with Crippen LogP contribution in [0.1, 0.15) is 76.5 Å². The number of nitrogens with one attached hydrogen (secondary N) is 1. The molecular weight excluding hydrogens is 362 g/mol. The van der Waals surface area contributed by atoms with Crippen LogP contribution in [0.4, 0.5) is 5.95 Å². The van der Waals surface area contributed by atoms with Crippen molar-refractivity contribution >= 4 is 11.7 Å². The molecule has 162 valence electrons. The molecule has 3 rings (SSSR count). The molecular formula is C23H39N5O. The van der Waals surface area contributed by atoms with Crippen LogP contribution in [-0.2, 0) is 6.42 Å². The first-order valence-electron chi connectivity index (χ1n) is 11.6. The van der Waals surface area contributed by atoms with E-state index in [4.69, 9.17) is 9.98 Å². The maximum absolute atomic E-state index is 13.0. The van der Waals surface area contributed by atoms with Crippen LogP contribution >= 0.6 is 0 Å². The third-order valence-corrected chi connectivity index (χ3v) is 6.27. The first-order valence-corrected chi connectivity index (χ1v) is 11.6. The fourth-order valence-electron chi connectivity index (χ4n) is 4.56. The van der Waals surface area contributed by atoms with Crippen molar-refractivity contribution in [3.05, 3.63) is 21.6 Å². The highest BCUT2D eigenvalue weighted by molar-refractivity contribution is 6.00. The van der Waals surface area contributed by atoms with Gasteiger partial charge < -0.3 is 9.80 Å². The molecule has 1 atom stereocenters. The summed E-state index contributed by atoms with van der Waals surface area (Å²) in [5, 5.41) is 0. The largest absolute Gasteiger partial charge is 0.341 e. The van der Waals surface area contributed by atoms with E-state index in [0.717, 1.165) is 68.2 Å². The van der Waals surface area contributed by atoms with Crippen LogP contribution in [0, 0.1) is 5.92 Å². The molecule has 6 heteroatoms. The zero-order valence-electron chi connectivity index (χ0n) is 18.8. The molecule has 6 nitrogen and oxygen atoms in total. The Hall–Kier alpha value is -1.69. The lowest BCUT2D eigenvalue weighted by atomic mass is 9.89. The fraction of sp³-hybridized carbons (Fsp3) is 0.783. The van der Waals surface area contributed by atoms with E-state index in [9.17, 15) is 4.79 Å². The normalized spacial score (nSPS) is 20.3.